The molecule has 2 amide bonds. The molecule has 6 nitrogen and oxygen atoms in total. The van der Waals surface area contributed by atoms with Gasteiger partial charge >= 0.3 is 0 Å². The number of hydrogen-bond donors (Lipinski definition) is 2. The Balaban J connectivity index is 1.79. The predicted octanol–water partition coefficient (Wildman–Crippen LogP) is 0.105. The lowest BCUT2D eigenvalue weighted by atomic mass is 9.96. The lowest BCUT2D eigenvalue weighted by molar-refractivity contribution is -0.135. The molecule has 2 heterocycles. The molecule has 0 saturated carbocycles. The fourth-order valence-corrected chi connectivity index (χ4v) is 2.24. The molecule has 0 radical (unpaired) electrons. The van der Waals surface area contributed by atoms with Gasteiger partial charge in [-0.3, -0.25) is 9.59 Å². The standard InChI is InChI=1S/C12H10N2O4S/c15-10-7(11(16)14-12(19)13-10)3-6-1-2-8-9(4-6)18-5-17-8/h1-2,4,7H,3,5H2,(H2,13,14,15,16,19). The van der Waals surface area contributed by atoms with Gasteiger partial charge in [0.15, 0.2) is 16.6 Å². The summed E-state index contributed by atoms with van der Waals surface area (Å²) in [5, 5.41) is 4.93. The largest absolute Gasteiger partial charge is 0.454 e. The number of amides is 2. The number of carbonyl (C=O) groups excluding carboxylic acids is 2. The van der Waals surface area contributed by atoms with Crippen LogP contribution in [0.25, 0.3) is 0 Å². The van der Waals surface area contributed by atoms with Crippen LogP contribution in [0.1, 0.15) is 5.56 Å². The van der Waals surface area contributed by atoms with Crippen molar-refractivity contribution < 1.29 is 19.1 Å². The van der Waals surface area contributed by atoms with Crippen LogP contribution >= 0.6 is 12.2 Å². The number of hydrogen-bond acceptors (Lipinski definition) is 5. The molecule has 0 unspecified atom stereocenters. The number of rotatable bonds is 2. The SMILES string of the molecule is O=C1NC(=S)NC(=O)C1Cc1ccc2c(c1)OCO2. The molecule has 7 heteroatoms. The summed E-state index contributed by atoms with van der Waals surface area (Å²) in [7, 11) is 0. The van der Waals surface area contributed by atoms with Crippen molar-refractivity contribution in [3.8, 4) is 11.5 Å². The minimum Gasteiger partial charge on any atom is -0.454 e. The van der Waals surface area contributed by atoms with Gasteiger partial charge in [-0.15, -0.1) is 0 Å². The van der Waals surface area contributed by atoms with Crippen molar-refractivity contribution in [2.45, 2.75) is 6.42 Å². The maximum Gasteiger partial charge on any atom is 0.239 e. The van der Waals surface area contributed by atoms with Gasteiger partial charge in [0.1, 0.15) is 5.92 Å². The number of carbonyl (C=O) groups is 2. The number of benzene rings is 1. The highest BCUT2D eigenvalue weighted by molar-refractivity contribution is 7.80. The summed E-state index contributed by atoms with van der Waals surface area (Å²) >= 11 is 4.74. The van der Waals surface area contributed by atoms with E-state index in [0.29, 0.717) is 11.5 Å². The molecular weight excluding hydrogens is 268 g/mol. The molecule has 2 aliphatic heterocycles. The van der Waals surface area contributed by atoms with Crippen molar-refractivity contribution in [2.24, 2.45) is 5.92 Å². The van der Waals surface area contributed by atoms with E-state index in [1.165, 1.54) is 0 Å². The Morgan fingerprint density at radius 3 is 2.58 bits per heavy atom. The van der Waals surface area contributed by atoms with E-state index in [1.54, 1.807) is 18.2 Å². The maximum atomic E-state index is 11.7. The molecule has 0 aromatic heterocycles. The third-order valence-corrected chi connectivity index (χ3v) is 3.19. The van der Waals surface area contributed by atoms with Gasteiger partial charge in [-0.1, -0.05) is 6.07 Å². The van der Waals surface area contributed by atoms with E-state index in [4.69, 9.17) is 21.7 Å². The second-order valence-electron chi connectivity index (χ2n) is 4.25. The molecule has 98 valence electrons. The summed E-state index contributed by atoms with van der Waals surface area (Å²) < 4.78 is 10.5. The van der Waals surface area contributed by atoms with E-state index in [9.17, 15) is 9.59 Å². The highest BCUT2D eigenvalue weighted by Gasteiger charge is 2.32. The first kappa shape index (κ1) is 11.9. The molecule has 1 aromatic carbocycles. The molecule has 3 rings (SSSR count). The lowest BCUT2D eigenvalue weighted by Gasteiger charge is -2.22. The van der Waals surface area contributed by atoms with Crippen LogP contribution in [0.2, 0.25) is 0 Å². The summed E-state index contributed by atoms with van der Waals surface area (Å²) in [6, 6.07) is 5.34. The van der Waals surface area contributed by atoms with E-state index < -0.39 is 5.92 Å². The van der Waals surface area contributed by atoms with Crippen molar-refractivity contribution in [2.75, 3.05) is 6.79 Å². The fraction of sp³-hybridized carbons (Fsp3) is 0.250. The zero-order valence-corrected chi connectivity index (χ0v) is 10.6. The van der Waals surface area contributed by atoms with Crippen LogP contribution in [0, 0.1) is 5.92 Å². The first-order valence-corrected chi connectivity index (χ1v) is 6.08. The Kier molecular flexibility index (Phi) is 2.83. The Labute approximate surface area is 114 Å². The van der Waals surface area contributed by atoms with Crippen LogP contribution in [0.15, 0.2) is 18.2 Å². The maximum absolute atomic E-state index is 11.7. The van der Waals surface area contributed by atoms with Crippen LogP contribution in [0.3, 0.4) is 0 Å². The smallest absolute Gasteiger partial charge is 0.239 e. The zero-order chi connectivity index (χ0) is 13.4. The summed E-state index contributed by atoms with van der Waals surface area (Å²) in [6.45, 7) is 0.192. The third kappa shape index (κ3) is 2.24. The Bertz CT molecular complexity index is 567. The Morgan fingerprint density at radius 1 is 1.16 bits per heavy atom. The highest BCUT2D eigenvalue weighted by Crippen LogP contribution is 2.33. The molecule has 1 aromatic rings. The van der Waals surface area contributed by atoms with Crippen molar-refractivity contribution >= 4 is 29.1 Å². The molecule has 2 aliphatic rings. The first-order chi connectivity index (χ1) is 9.13. The number of nitrogens with one attached hydrogen (secondary N) is 2. The fourth-order valence-electron chi connectivity index (χ4n) is 2.04. The van der Waals surface area contributed by atoms with Crippen molar-refractivity contribution in [3.63, 3.8) is 0 Å². The monoisotopic (exact) mass is 278 g/mol. The van der Waals surface area contributed by atoms with E-state index in [0.717, 1.165) is 5.56 Å². The van der Waals surface area contributed by atoms with Crippen LogP contribution in [-0.2, 0) is 16.0 Å². The summed E-state index contributed by atoms with van der Waals surface area (Å²) in [4.78, 5) is 23.5. The molecule has 19 heavy (non-hydrogen) atoms. The number of fused-ring (bicyclic) bond motifs is 1. The van der Waals surface area contributed by atoms with Gasteiger partial charge in [0.2, 0.25) is 18.6 Å². The van der Waals surface area contributed by atoms with E-state index in [1.807, 2.05) is 0 Å². The van der Waals surface area contributed by atoms with E-state index >= 15 is 0 Å². The van der Waals surface area contributed by atoms with Gasteiger partial charge in [-0.25, -0.2) is 0 Å². The average Bonchev–Trinajstić information content (AvgIpc) is 2.81. The van der Waals surface area contributed by atoms with Crippen LogP contribution in [0.4, 0.5) is 0 Å². The molecule has 0 atom stereocenters. The van der Waals surface area contributed by atoms with Gasteiger partial charge < -0.3 is 20.1 Å². The van der Waals surface area contributed by atoms with E-state index in [-0.39, 0.29) is 30.1 Å². The first-order valence-electron chi connectivity index (χ1n) is 5.68. The van der Waals surface area contributed by atoms with E-state index in [2.05, 4.69) is 10.6 Å². The minimum absolute atomic E-state index is 0.0527. The Hall–Kier alpha value is -2.15. The molecule has 0 aliphatic carbocycles. The zero-order valence-electron chi connectivity index (χ0n) is 9.76. The molecule has 1 fully saturated rings. The van der Waals surface area contributed by atoms with Crippen molar-refractivity contribution in [1.82, 2.24) is 10.6 Å². The number of ether oxygens (including phenoxy) is 2. The quantitative estimate of drug-likeness (QED) is 0.593. The van der Waals surface area contributed by atoms with Crippen molar-refractivity contribution in [1.29, 1.82) is 0 Å². The predicted molar refractivity (Wildman–Crippen MR) is 68.6 cm³/mol. The van der Waals surface area contributed by atoms with Crippen LogP contribution in [0.5, 0.6) is 11.5 Å². The highest BCUT2D eigenvalue weighted by atomic mass is 32.1. The molecular formula is C12H10N2O4S. The van der Waals surface area contributed by atoms with Gasteiger partial charge in [-0.2, -0.15) is 0 Å². The third-order valence-electron chi connectivity index (χ3n) is 2.98. The molecule has 0 spiro atoms. The second-order valence-corrected chi connectivity index (χ2v) is 4.66. The minimum atomic E-state index is -0.785. The summed E-state index contributed by atoms with van der Waals surface area (Å²) in [5.74, 6) is -0.253. The molecule has 0 bridgehead atoms. The van der Waals surface area contributed by atoms with Crippen molar-refractivity contribution in [3.05, 3.63) is 23.8 Å². The second kappa shape index (κ2) is 4.51. The van der Waals surface area contributed by atoms with Gasteiger partial charge in [0.25, 0.3) is 0 Å². The van der Waals surface area contributed by atoms with Gasteiger partial charge in [-0.05, 0) is 36.3 Å². The number of thiocarbonyl (C=S) groups is 1. The summed E-state index contributed by atoms with van der Waals surface area (Å²) in [6.07, 6.45) is 0.289. The molecule has 1 saturated heterocycles. The summed E-state index contributed by atoms with van der Waals surface area (Å²) in [5.41, 5.74) is 0.826. The lowest BCUT2D eigenvalue weighted by Crippen LogP contribution is -2.56. The van der Waals surface area contributed by atoms with Crippen LogP contribution in [-0.4, -0.2) is 23.7 Å². The van der Waals surface area contributed by atoms with Gasteiger partial charge in [0.05, 0.1) is 0 Å². The average molecular weight is 278 g/mol. The van der Waals surface area contributed by atoms with Gasteiger partial charge in [0, 0.05) is 0 Å². The topological polar surface area (TPSA) is 76.7 Å². The Morgan fingerprint density at radius 2 is 1.84 bits per heavy atom. The normalized spacial score (nSPS) is 18.2. The van der Waals surface area contributed by atoms with Crippen LogP contribution < -0.4 is 20.1 Å². The molecule has 2 N–H and O–H groups in total.